The van der Waals surface area contributed by atoms with Gasteiger partial charge in [-0.1, -0.05) is 115 Å². The van der Waals surface area contributed by atoms with Crippen molar-refractivity contribution in [1.82, 2.24) is 0 Å². The fourth-order valence-corrected chi connectivity index (χ4v) is 8.91. The molecule has 0 N–H and O–H groups in total. The average molecular weight is 657 g/mol. The zero-order valence-electron chi connectivity index (χ0n) is 29.1. The molecule has 0 amide bonds. The highest BCUT2D eigenvalue weighted by atomic mass is 15.1. The van der Waals surface area contributed by atoms with Gasteiger partial charge in [-0.05, 0) is 141 Å². The molecule has 2 aliphatic rings. The molecule has 8 aromatic rings. The summed E-state index contributed by atoms with van der Waals surface area (Å²) in [6, 6.07) is 57.3. The molecule has 2 heteroatoms. The van der Waals surface area contributed by atoms with Crippen LogP contribution in [0.4, 0.5) is 22.7 Å². The quantitative estimate of drug-likeness (QED) is 0.174. The van der Waals surface area contributed by atoms with Crippen LogP contribution in [0.2, 0.25) is 0 Å². The molecule has 10 rings (SSSR count). The molecule has 2 heterocycles. The van der Waals surface area contributed by atoms with Gasteiger partial charge in [-0.15, -0.1) is 0 Å². The Morgan fingerprint density at radius 3 is 1.57 bits per heavy atom. The van der Waals surface area contributed by atoms with Crippen LogP contribution in [0.25, 0.3) is 54.6 Å². The fourth-order valence-electron chi connectivity index (χ4n) is 8.91. The maximum Gasteiger partial charge on any atom is 0.0443 e. The highest BCUT2D eigenvalue weighted by Crippen LogP contribution is 2.48. The summed E-state index contributed by atoms with van der Waals surface area (Å²) in [5.41, 5.74) is 14.5. The maximum absolute atomic E-state index is 2.54. The zero-order chi connectivity index (χ0) is 33.9. The molecule has 0 aliphatic carbocycles. The lowest BCUT2D eigenvalue weighted by Gasteiger charge is -2.32. The van der Waals surface area contributed by atoms with Crippen LogP contribution in [0, 0.1) is 6.92 Å². The second kappa shape index (κ2) is 12.2. The van der Waals surface area contributed by atoms with Gasteiger partial charge in [0, 0.05) is 35.8 Å². The fraction of sp³-hybridized carbons (Fsp3) is 0.143. The molecule has 8 aromatic carbocycles. The number of hydrogen-bond donors (Lipinski definition) is 0. The molecule has 0 fully saturated rings. The van der Waals surface area contributed by atoms with Crippen LogP contribution in [0.3, 0.4) is 0 Å². The van der Waals surface area contributed by atoms with Gasteiger partial charge in [0.2, 0.25) is 0 Å². The number of nitrogens with zero attached hydrogens (tertiary/aromatic N) is 2. The van der Waals surface area contributed by atoms with E-state index in [0.29, 0.717) is 0 Å². The van der Waals surface area contributed by atoms with Crippen LogP contribution >= 0.6 is 0 Å². The van der Waals surface area contributed by atoms with E-state index in [4.69, 9.17) is 0 Å². The summed E-state index contributed by atoms with van der Waals surface area (Å²) < 4.78 is 0. The molecule has 2 aliphatic heterocycles. The number of rotatable bonds is 4. The van der Waals surface area contributed by atoms with Crippen molar-refractivity contribution < 1.29 is 0 Å². The normalized spacial score (nSPS) is 14.2. The van der Waals surface area contributed by atoms with Gasteiger partial charge in [0.25, 0.3) is 0 Å². The van der Waals surface area contributed by atoms with E-state index in [1.165, 1.54) is 94.0 Å². The highest BCUT2D eigenvalue weighted by Gasteiger charge is 2.24. The van der Waals surface area contributed by atoms with Gasteiger partial charge < -0.3 is 9.80 Å². The third-order valence-electron chi connectivity index (χ3n) is 11.3. The van der Waals surface area contributed by atoms with Crippen molar-refractivity contribution >= 4 is 55.1 Å². The second-order valence-electron chi connectivity index (χ2n) is 14.4. The Balaban J connectivity index is 1.30. The second-order valence-corrected chi connectivity index (χ2v) is 14.4. The van der Waals surface area contributed by atoms with Crippen molar-refractivity contribution in [3.63, 3.8) is 0 Å². The van der Waals surface area contributed by atoms with E-state index in [-0.39, 0.29) is 0 Å². The molecule has 51 heavy (non-hydrogen) atoms. The van der Waals surface area contributed by atoms with Crippen LogP contribution in [-0.4, -0.2) is 13.1 Å². The predicted octanol–water partition coefficient (Wildman–Crippen LogP) is 13.0. The molecule has 0 atom stereocenters. The van der Waals surface area contributed by atoms with E-state index in [1.54, 1.807) is 0 Å². The van der Waals surface area contributed by atoms with Gasteiger partial charge in [0.1, 0.15) is 0 Å². The Hall–Kier alpha value is -5.86. The van der Waals surface area contributed by atoms with E-state index in [0.717, 1.165) is 38.8 Å². The van der Waals surface area contributed by atoms with Crippen molar-refractivity contribution in [3.05, 3.63) is 168 Å². The lowest BCUT2D eigenvalue weighted by Crippen LogP contribution is -2.24. The third-order valence-corrected chi connectivity index (χ3v) is 11.3. The number of para-hydroxylation sites is 2. The van der Waals surface area contributed by atoms with Gasteiger partial charge in [0.05, 0.1) is 0 Å². The number of fused-ring (bicyclic) bond motifs is 5. The molecule has 0 spiro atoms. The SMILES string of the molecule is Cc1cccc(-c2c3ccc(N4CCCc5ccccc54)cc3c(-c3ccc4ccccc4c3)c3ccc(N4CCCc5ccccc54)cc23)c1. The van der Waals surface area contributed by atoms with Crippen molar-refractivity contribution in [3.8, 4) is 22.3 Å². The van der Waals surface area contributed by atoms with Gasteiger partial charge in [-0.3, -0.25) is 0 Å². The largest absolute Gasteiger partial charge is 0.341 e. The highest BCUT2D eigenvalue weighted by molar-refractivity contribution is 6.23. The monoisotopic (exact) mass is 656 g/mol. The lowest BCUT2D eigenvalue weighted by molar-refractivity contribution is 0.767. The smallest absolute Gasteiger partial charge is 0.0443 e. The Morgan fingerprint density at radius 1 is 0.412 bits per heavy atom. The molecule has 0 bridgehead atoms. The Bertz CT molecular complexity index is 2630. The minimum atomic E-state index is 1.02. The summed E-state index contributed by atoms with van der Waals surface area (Å²) in [4.78, 5) is 5.07. The maximum atomic E-state index is 2.54. The number of hydrogen-bond acceptors (Lipinski definition) is 2. The third kappa shape index (κ3) is 5.09. The summed E-state index contributed by atoms with van der Waals surface area (Å²) in [7, 11) is 0. The molecule has 0 radical (unpaired) electrons. The van der Waals surface area contributed by atoms with Crippen LogP contribution in [0.1, 0.15) is 29.5 Å². The Morgan fingerprint density at radius 2 is 0.961 bits per heavy atom. The molecule has 0 saturated carbocycles. The van der Waals surface area contributed by atoms with E-state index >= 15 is 0 Å². The molecular formula is C49H40N2. The molecular weight excluding hydrogens is 617 g/mol. The summed E-state index contributed by atoms with van der Waals surface area (Å²) in [6.45, 7) is 4.25. The van der Waals surface area contributed by atoms with E-state index in [9.17, 15) is 0 Å². The first-order chi connectivity index (χ1) is 25.2. The summed E-state index contributed by atoms with van der Waals surface area (Å²) in [5.74, 6) is 0. The molecule has 2 nitrogen and oxygen atoms in total. The van der Waals surface area contributed by atoms with Crippen molar-refractivity contribution in [2.45, 2.75) is 32.6 Å². The van der Waals surface area contributed by atoms with Crippen molar-refractivity contribution in [2.75, 3.05) is 22.9 Å². The summed E-state index contributed by atoms with van der Waals surface area (Å²) in [5, 5.41) is 7.71. The Labute approximate surface area is 300 Å². The minimum Gasteiger partial charge on any atom is -0.341 e. The van der Waals surface area contributed by atoms with Crippen LogP contribution in [0.5, 0.6) is 0 Å². The Kier molecular flexibility index (Phi) is 7.16. The van der Waals surface area contributed by atoms with E-state index in [1.807, 2.05) is 0 Å². The topological polar surface area (TPSA) is 6.48 Å². The number of aryl methyl sites for hydroxylation is 3. The van der Waals surface area contributed by atoms with Crippen LogP contribution < -0.4 is 9.80 Å². The van der Waals surface area contributed by atoms with Gasteiger partial charge in [-0.25, -0.2) is 0 Å². The number of benzene rings is 8. The predicted molar refractivity (Wildman–Crippen MR) is 218 cm³/mol. The molecule has 246 valence electrons. The first kappa shape index (κ1) is 30.0. The molecule has 0 unspecified atom stereocenters. The first-order valence-corrected chi connectivity index (χ1v) is 18.5. The first-order valence-electron chi connectivity index (χ1n) is 18.5. The van der Waals surface area contributed by atoms with Gasteiger partial charge in [-0.2, -0.15) is 0 Å². The molecule has 0 aromatic heterocycles. The standard InChI is InChI=1S/C49H40N2/c1-33-11-8-16-38(29-33)48-42-25-23-41(51-28-10-18-36-14-5-7-20-47(36)51)32-45(42)49(39-22-21-34-12-2-3-15-37(34)30-39)43-26-24-40(31-44(43)48)50-27-9-17-35-13-4-6-19-46(35)50/h2-8,11-16,19-26,29-32H,9-10,17-18,27-28H2,1H3. The summed E-state index contributed by atoms with van der Waals surface area (Å²) >= 11 is 0. The van der Waals surface area contributed by atoms with E-state index < -0.39 is 0 Å². The zero-order valence-corrected chi connectivity index (χ0v) is 29.1. The van der Waals surface area contributed by atoms with Crippen LogP contribution in [-0.2, 0) is 12.8 Å². The average Bonchev–Trinajstić information content (AvgIpc) is 3.19. The van der Waals surface area contributed by atoms with Crippen LogP contribution in [0.15, 0.2) is 152 Å². The van der Waals surface area contributed by atoms with Gasteiger partial charge in [0.15, 0.2) is 0 Å². The van der Waals surface area contributed by atoms with Crippen molar-refractivity contribution in [1.29, 1.82) is 0 Å². The lowest BCUT2D eigenvalue weighted by atomic mass is 9.84. The van der Waals surface area contributed by atoms with Gasteiger partial charge >= 0.3 is 0 Å². The van der Waals surface area contributed by atoms with Crippen molar-refractivity contribution in [2.24, 2.45) is 0 Å². The minimum absolute atomic E-state index is 1.02. The summed E-state index contributed by atoms with van der Waals surface area (Å²) in [6.07, 6.45) is 4.58. The number of anilines is 4. The molecule has 0 saturated heterocycles. The van der Waals surface area contributed by atoms with E-state index in [2.05, 4.69) is 168 Å².